The van der Waals surface area contributed by atoms with Crippen LogP contribution in [0.4, 0.5) is 5.69 Å². The molecule has 1 N–H and O–H groups in total. The Kier molecular flexibility index (Phi) is 8.63. The van der Waals surface area contributed by atoms with Gasteiger partial charge in [-0.1, -0.05) is 36.9 Å². The van der Waals surface area contributed by atoms with E-state index in [1.54, 1.807) is 66.7 Å². The van der Waals surface area contributed by atoms with Gasteiger partial charge in [-0.25, -0.2) is 13.8 Å². The smallest absolute Gasteiger partial charge is 0.264 e. The van der Waals surface area contributed by atoms with Crippen LogP contribution in [0.1, 0.15) is 11.1 Å². The van der Waals surface area contributed by atoms with Gasteiger partial charge in [-0.15, -0.1) is 0 Å². The van der Waals surface area contributed by atoms with E-state index in [9.17, 15) is 13.2 Å². The maximum atomic E-state index is 13.5. The van der Waals surface area contributed by atoms with Crippen LogP contribution in [0.15, 0.2) is 95.4 Å². The molecule has 0 aromatic heterocycles. The minimum Gasteiger partial charge on any atom is -0.495 e. The number of nitrogens with zero attached hydrogens (tertiary/aromatic N) is 2. The van der Waals surface area contributed by atoms with Crippen molar-refractivity contribution in [2.45, 2.75) is 11.8 Å². The summed E-state index contributed by atoms with van der Waals surface area (Å²) < 4.78 is 38.8. The Hall–Kier alpha value is -4.11. The van der Waals surface area contributed by atoms with E-state index in [1.165, 1.54) is 25.5 Å². The molecule has 8 nitrogen and oxygen atoms in total. The average molecular weight is 494 g/mol. The van der Waals surface area contributed by atoms with Crippen LogP contribution in [0, 0.1) is 6.92 Å². The van der Waals surface area contributed by atoms with Gasteiger partial charge in [-0.3, -0.25) is 9.10 Å². The van der Waals surface area contributed by atoms with Crippen molar-refractivity contribution in [3.05, 3.63) is 96.6 Å². The lowest BCUT2D eigenvalue weighted by Gasteiger charge is -2.25. The fourth-order valence-corrected chi connectivity index (χ4v) is 4.61. The first-order chi connectivity index (χ1) is 16.8. The number of methoxy groups -OCH3 is 1. The van der Waals surface area contributed by atoms with E-state index in [4.69, 9.17) is 9.47 Å². The van der Waals surface area contributed by atoms with Crippen LogP contribution in [0.25, 0.3) is 0 Å². The highest BCUT2D eigenvalue weighted by Crippen LogP contribution is 2.33. The molecule has 182 valence electrons. The number of aryl methyl sites for hydroxylation is 1. The zero-order valence-electron chi connectivity index (χ0n) is 19.5. The Morgan fingerprint density at radius 3 is 2.46 bits per heavy atom. The van der Waals surface area contributed by atoms with Crippen LogP contribution in [0.3, 0.4) is 0 Å². The molecule has 0 saturated carbocycles. The van der Waals surface area contributed by atoms with Gasteiger partial charge >= 0.3 is 0 Å². The lowest BCUT2D eigenvalue weighted by Crippen LogP contribution is -2.39. The summed E-state index contributed by atoms with van der Waals surface area (Å²) >= 11 is 0. The number of rotatable bonds is 11. The molecule has 0 saturated heterocycles. The first kappa shape index (κ1) is 25.5. The molecule has 0 atom stereocenters. The SMILES string of the molecule is C=CCOc1ccc(/C=N\NC(=O)CN(c2cc(C)ccc2OC)S(=O)(=O)c2ccccc2)cc1. The van der Waals surface area contributed by atoms with Crippen LogP contribution in [0.5, 0.6) is 11.5 Å². The summed E-state index contributed by atoms with van der Waals surface area (Å²) in [6.07, 6.45) is 3.11. The number of ether oxygens (including phenoxy) is 2. The zero-order valence-corrected chi connectivity index (χ0v) is 20.4. The first-order valence-electron chi connectivity index (χ1n) is 10.7. The van der Waals surface area contributed by atoms with Gasteiger partial charge in [0.15, 0.2) is 0 Å². The van der Waals surface area contributed by atoms with E-state index in [2.05, 4.69) is 17.1 Å². The summed E-state index contributed by atoms with van der Waals surface area (Å²) in [5, 5.41) is 3.96. The second-order valence-corrected chi connectivity index (χ2v) is 9.32. The van der Waals surface area contributed by atoms with Crippen LogP contribution in [-0.4, -0.2) is 40.8 Å². The van der Waals surface area contributed by atoms with Crippen LogP contribution in [-0.2, 0) is 14.8 Å². The van der Waals surface area contributed by atoms with Crippen LogP contribution < -0.4 is 19.2 Å². The molecule has 0 bridgehead atoms. The van der Waals surface area contributed by atoms with E-state index in [-0.39, 0.29) is 10.6 Å². The Balaban J connectivity index is 1.81. The first-order valence-corrected chi connectivity index (χ1v) is 12.2. The molecule has 0 aliphatic carbocycles. The number of hydrogen-bond donors (Lipinski definition) is 1. The number of carbonyl (C=O) groups excluding carboxylic acids is 1. The number of amides is 1. The molecular weight excluding hydrogens is 466 g/mol. The molecule has 3 rings (SSSR count). The fourth-order valence-electron chi connectivity index (χ4n) is 3.16. The molecule has 0 fully saturated rings. The number of carbonyl (C=O) groups is 1. The van der Waals surface area contributed by atoms with Gasteiger partial charge < -0.3 is 9.47 Å². The van der Waals surface area contributed by atoms with Crippen molar-refractivity contribution >= 4 is 27.8 Å². The maximum Gasteiger partial charge on any atom is 0.264 e. The monoisotopic (exact) mass is 493 g/mol. The van der Waals surface area contributed by atoms with E-state index >= 15 is 0 Å². The van der Waals surface area contributed by atoms with Crippen molar-refractivity contribution in [1.29, 1.82) is 0 Å². The Morgan fingerprint density at radius 2 is 1.80 bits per heavy atom. The predicted octanol–water partition coefficient (Wildman–Crippen LogP) is 3.91. The molecular formula is C26H27N3O5S. The Bertz CT molecular complexity index is 1290. The minimum atomic E-state index is -4.07. The van der Waals surface area contributed by atoms with Gasteiger partial charge in [0.05, 0.1) is 23.9 Å². The van der Waals surface area contributed by atoms with Crippen molar-refractivity contribution in [3.8, 4) is 11.5 Å². The van der Waals surface area contributed by atoms with E-state index in [0.717, 1.165) is 15.4 Å². The van der Waals surface area contributed by atoms with Crippen molar-refractivity contribution in [1.82, 2.24) is 5.43 Å². The van der Waals surface area contributed by atoms with Gasteiger partial charge in [0.25, 0.3) is 15.9 Å². The highest BCUT2D eigenvalue weighted by Gasteiger charge is 2.29. The third-order valence-electron chi connectivity index (χ3n) is 4.87. The number of hydrogen-bond acceptors (Lipinski definition) is 6. The summed E-state index contributed by atoms with van der Waals surface area (Å²) in [7, 11) is -2.62. The van der Waals surface area contributed by atoms with Crippen molar-refractivity contribution < 1.29 is 22.7 Å². The quantitative estimate of drug-likeness (QED) is 0.248. The summed E-state index contributed by atoms with van der Waals surface area (Å²) in [5.74, 6) is 0.389. The second kappa shape index (κ2) is 11.8. The van der Waals surface area contributed by atoms with Gasteiger partial charge in [0.2, 0.25) is 0 Å². The van der Waals surface area contributed by atoms with E-state index in [0.29, 0.717) is 18.1 Å². The van der Waals surface area contributed by atoms with E-state index < -0.39 is 22.5 Å². The van der Waals surface area contributed by atoms with Crippen molar-refractivity contribution in [2.75, 3.05) is 24.6 Å². The molecule has 0 aliphatic heterocycles. The zero-order chi connectivity index (χ0) is 25.3. The number of sulfonamides is 1. The highest BCUT2D eigenvalue weighted by atomic mass is 32.2. The Morgan fingerprint density at radius 1 is 1.09 bits per heavy atom. The molecule has 0 heterocycles. The molecule has 3 aromatic rings. The number of anilines is 1. The molecule has 35 heavy (non-hydrogen) atoms. The van der Waals surface area contributed by atoms with Gasteiger partial charge in [0, 0.05) is 0 Å². The fraction of sp³-hybridized carbons (Fsp3) is 0.154. The van der Waals surface area contributed by atoms with E-state index in [1.807, 2.05) is 6.92 Å². The maximum absolute atomic E-state index is 13.5. The molecule has 0 radical (unpaired) electrons. The molecule has 9 heteroatoms. The molecule has 0 unspecified atom stereocenters. The predicted molar refractivity (Wildman–Crippen MR) is 137 cm³/mol. The molecule has 1 amide bonds. The third-order valence-corrected chi connectivity index (χ3v) is 6.65. The normalized spacial score (nSPS) is 11.1. The summed E-state index contributed by atoms with van der Waals surface area (Å²) in [4.78, 5) is 12.8. The number of benzene rings is 3. The summed E-state index contributed by atoms with van der Waals surface area (Å²) in [5.41, 5.74) is 4.19. The Labute approximate surface area is 205 Å². The van der Waals surface area contributed by atoms with Crippen LogP contribution >= 0.6 is 0 Å². The summed E-state index contributed by atoms with van der Waals surface area (Å²) in [6.45, 7) is 5.33. The highest BCUT2D eigenvalue weighted by molar-refractivity contribution is 7.92. The lowest BCUT2D eigenvalue weighted by molar-refractivity contribution is -0.119. The third kappa shape index (κ3) is 6.70. The van der Waals surface area contributed by atoms with Crippen molar-refractivity contribution in [3.63, 3.8) is 0 Å². The van der Waals surface area contributed by atoms with Crippen LogP contribution in [0.2, 0.25) is 0 Å². The minimum absolute atomic E-state index is 0.0543. The standard InChI is InChI=1S/C26H27N3O5S/c1-4-16-34-22-13-11-21(12-14-22)18-27-28-26(30)19-29(24-17-20(2)10-15-25(24)33-3)35(31,32)23-8-6-5-7-9-23/h4-15,17-18H,1,16,19H2,2-3H3,(H,28,30)/b27-18-. The van der Waals surface area contributed by atoms with Gasteiger partial charge in [0.1, 0.15) is 24.7 Å². The van der Waals surface area contributed by atoms with Gasteiger partial charge in [-0.05, 0) is 66.6 Å². The average Bonchev–Trinajstić information content (AvgIpc) is 2.87. The molecule has 0 aliphatic rings. The molecule has 0 spiro atoms. The molecule has 3 aromatic carbocycles. The second-order valence-electron chi connectivity index (χ2n) is 7.46. The summed E-state index contributed by atoms with van der Waals surface area (Å²) in [6, 6.07) is 20.1. The number of hydrazone groups is 1. The largest absolute Gasteiger partial charge is 0.495 e. The topological polar surface area (TPSA) is 97.3 Å². The van der Waals surface area contributed by atoms with Gasteiger partial charge in [-0.2, -0.15) is 5.10 Å². The lowest BCUT2D eigenvalue weighted by atomic mass is 10.2. The number of nitrogens with one attached hydrogen (secondary N) is 1. The van der Waals surface area contributed by atoms with Crippen molar-refractivity contribution in [2.24, 2.45) is 5.10 Å².